The Hall–Kier alpha value is -1.20. The Kier molecular flexibility index (Phi) is 5.17. The Morgan fingerprint density at radius 3 is 2.38 bits per heavy atom. The molecule has 0 atom stereocenters. The quantitative estimate of drug-likeness (QED) is 0.754. The number of fused-ring (bicyclic) bond motifs is 1. The number of hydrogen-bond donors (Lipinski definition) is 0. The maximum absolute atomic E-state index is 5.73. The van der Waals surface area contributed by atoms with Gasteiger partial charge in [0.1, 0.15) is 11.5 Å². The highest BCUT2D eigenvalue weighted by Crippen LogP contribution is 2.37. The Morgan fingerprint density at radius 1 is 1.10 bits per heavy atom. The molecule has 1 aliphatic heterocycles. The fourth-order valence-electron chi connectivity index (χ4n) is 2.28. The van der Waals surface area contributed by atoms with E-state index in [-0.39, 0.29) is 5.41 Å². The van der Waals surface area contributed by atoms with Gasteiger partial charge in [-0.05, 0) is 36.2 Å². The lowest BCUT2D eigenvalue weighted by Gasteiger charge is -2.19. The summed E-state index contributed by atoms with van der Waals surface area (Å²) in [6.45, 7) is 14.4. The highest BCUT2D eigenvalue weighted by Gasteiger charge is 2.35. The van der Waals surface area contributed by atoms with Crippen LogP contribution >= 0.6 is 0 Å². The van der Waals surface area contributed by atoms with Crippen LogP contribution in [0.1, 0.15) is 40.2 Å². The van der Waals surface area contributed by atoms with Gasteiger partial charge < -0.3 is 18.9 Å². The summed E-state index contributed by atoms with van der Waals surface area (Å²) in [4.78, 5) is 2.31. The van der Waals surface area contributed by atoms with Gasteiger partial charge in [0.15, 0.2) is 0 Å². The fraction of sp³-hybridized carbons (Fsp3) is 0.625. The van der Waals surface area contributed by atoms with Crippen LogP contribution < -0.4 is 9.31 Å². The van der Waals surface area contributed by atoms with E-state index < -0.39 is 7.32 Å². The molecule has 0 aromatic heterocycles. The van der Waals surface area contributed by atoms with Crippen LogP contribution in [-0.2, 0) is 10.1 Å². The number of rotatable bonds is 6. The second kappa shape index (κ2) is 6.71. The predicted molar refractivity (Wildman–Crippen MR) is 85.9 cm³/mol. The van der Waals surface area contributed by atoms with Crippen LogP contribution in [-0.4, -0.2) is 38.5 Å². The average molecular weight is 291 g/mol. The van der Waals surface area contributed by atoms with E-state index in [4.69, 9.17) is 14.0 Å². The van der Waals surface area contributed by atoms with Crippen LogP contribution in [0.4, 0.5) is 0 Å². The summed E-state index contributed by atoms with van der Waals surface area (Å²) in [6, 6.07) is 6.09. The van der Waals surface area contributed by atoms with Gasteiger partial charge in [-0.15, -0.1) is 0 Å². The molecule has 0 saturated heterocycles. The minimum Gasteiger partial charge on any atom is -0.498 e. The largest absolute Gasteiger partial charge is 0.788 e. The molecule has 5 heteroatoms. The maximum atomic E-state index is 5.73. The minimum atomic E-state index is -0.620. The Labute approximate surface area is 128 Å². The molecule has 1 aromatic carbocycles. The van der Waals surface area contributed by atoms with E-state index in [2.05, 4.69) is 45.6 Å². The predicted octanol–water partition coefficient (Wildman–Crippen LogP) is 3.10. The van der Waals surface area contributed by atoms with Crippen molar-refractivity contribution in [2.45, 2.75) is 40.0 Å². The van der Waals surface area contributed by atoms with E-state index in [0.29, 0.717) is 6.61 Å². The van der Waals surface area contributed by atoms with Crippen molar-refractivity contribution in [2.24, 2.45) is 0 Å². The molecule has 116 valence electrons. The van der Waals surface area contributed by atoms with Crippen molar-refractivity contribution in [3.8, 4) is 11.5 Å². The molecular formula is C16H26BNO3. The SMILES string of the molecule is CCN(CC)CCOB1Oc2ccc(C(C)(C)C)cc2O1. The van der Waals surface area contributed by atoms with Gasteiger partial charge in [-0.1, -0.05) is 40.7 Å². The lowest BCUT2D eigenvalue weighted by Crippen LogP contribution is -2.34. The number of nitrogens with zero attached hydrogens (tertiary/aromatic N) is 1. The monoisotopic (exact) mass is 291 g/mol. The fourth-order valence-corrected chi connectivity index (χ4v) is 2.28. The normalized spacial score (nSPS) is 14.1. The molecule has 0 spiro atoms. The molecule has 0 amide bonds. The first-order chi connectivity index (χ1) is 9.94. The summed E-state index contributed by atoms with van der Waals surface area (Å²) in [6.07, 6.45) is 0. The van der Waals surface area contributed by atoms with Crippen molar-refractivity contribution in [1.82, 2.24) is 4.90 Å². The first-order valence-corrected chi connectivity index (χ1v) is 7.75. The standard InChI is InChI=1S/C16H26BNO3/c1-6-18(7-2)10-11-19-17-20-14-9-8-13(16(3,4)5)12-15(14)21-17/h8-9,12H,6-7,10-11H2,1-5H3. The van der Waals surface area contributed by atoms with Gasteiger partial charge >= 0.3 is 7.32 Å². The van der Waals surface area contributed by atoms with E-state index in [9.17, 15) is 0 Å². The molecule has 4 nitrogen and oxygen atoms in total. The second-order valence-electron chi connectivity index (χ2n) is 6.33. The molecular weight excluding hydrogens is 265 g/mol. The zero-order chi connectivity index (χ0) is 15.5. The zero-order valence-corrected chi connectivity index (χ0v) is 13.8. The Bertz CT molecular complexity index is 469. The molecule has 0 bridgehead atoms. The van der Waals surface area contributed by atoms with Crippen LogP contribution in [0.3, 0.4) is 0 Å². The van der Waals surface area contributed by atoms with Gasteiger partial charge in [-0.2, -0.15) is 0 Å². The Balaban J connectivity index is 1.88. The van der Waals surface area contributed by atoms with Crippen molar-refractivity contribution >= 4 is 7.32 Å². The first-order valence-electron chi connectivity index (χ1n) is 7.75. The van der Waals surface area contributed by atoms with E-state index in [1.165, 1.54) is 5.56 Å². The highest BCUT2D eigenvalue weighted by molar-refractivity contribution is 6.40. The third-order valence-electron chi connectivity index (χ3n) is 3.81. The topological polar surface area (TPSA) is 30.9 Å². The molecule has 0 unspecified atom stereocenters. The molecule has 1 heterocycles. The lowest BCUT2D eigenvalue weighted by atomic mass is 9.87. The summed E-state index contributed by atoms with van der Waals surface area (Å²) >= 11 is 0. The van der Waals surface area contributed by atoms with E-state index in [0.717, 1.165) is 31.1 Å². The molecule has 2 rings (SSSR count). The van der Waals surface area contributed by atoms with Crippen molar-refractivity contribution < 1.29 is 14.0 Å². The molecule has 21 heavy (non-hydrogen) atoms. The Morgan fingerprint density at radius 2 is 1.76 bits per heavy atom. The van der Waals surface area contributed by atoms with E-state index in [1.807, 2.05) is 12.1 Å². The summed E-state index contributed by atoms with van der Waals surface area (Å²) < 4.78 is 17.0. The minimum absolute atomic E-state index is 0.0973. The molecule has 0 fully saturated rings. The van der Waals surface area contributed by atoms with Crippen molar-refractivity contribution in [3.63, 3.8) is 0 Å². The summed E-state index contributed by atoms with van der Waals surface area (Å²) in [5.74, 6) is 1.53. The van der Waals surface area contributed by atoms with E-state index >= 15 is 0 Å². The second-order valence-corrected chi connectivity index (χ2v) is 6.33. The van der Waals surface area contributed by atoms with Gasteiger partial charge in [0.2, 0.25) is 0 Å². The molecule has 0 aliphatic carbocycles. The van der Waals surface area contributed by atoms with Crippen LogP contribution in [0.5, 0.6) is 11.5 Å². The third-order valence-corrected chi connectivity index (χ3v) is 3.81. The van der Waals surface area contributed by atoms with Crippen LogP contribution in [0.2, 0.25) is 0 Å². The van der Waals surface area contributed by atoms with Crippen LogP contribution in [0, 0.1) is 0 Å². The molecule has 1 aliphatic rings. The van der Waals surface area contributed by atoms with Crippen molar-refractivity contribution in [1.29, 1.82) is 0 Å². The van der Waals surface area contributed by atoms with Gasteiger partial charge in [-0.3, -0.25) is 0 Å². The number of hydrogen-bond acceptors (Lipinski definition) is 4. The van der Waals surface area contributed by atoms with Gasteiger partial charge in [0.05, 0.1) is 0 Å². The lowest BCUT2D eigenvalue weighted by molar-refractivity contribution is 0.178. The summed E-state index contributed by atoms with van der Waals surface area (Å²) in [7, 11) is -0.620. The van der Waals surface area contributed by atoms with Gasteiger partial charge in [-0.25, -0.2) is 0 Å². The summed E-state index contributed by atoms with van der Waals surface area (Å²) in [5.41, 5.74) is 1.33. The molecule has 0 N–H and O–H groups in total. The molecule has 0 saturated carbocycles. The smallest absolute Gasteiger partial charge is 0.498 e. The van der Waals surface area contributed by atoms with E-state index in [1.54, 1.807) is 0 Å². The van der Waals surface area contributed by atoms with Gasteiger partial charge in [0, 0.05) is 13.2 Å². The third kappa shape index (κ3) is 4.14. The zero-order valence-electron chi connectivity index (χ0n) is 13.8. The molecule has 1 aromatic rings. The van der Waals surface area contributed by atoms with Crippen molar-refractivity contribution in [2.75, 3.05) is 26.2 Å². The van der Waals surface area contributed by atoms with Crippen LogP contribution in [0.15, 0.2) is 18.2 Å². The number of likely N-dealkylation sites (N-methyl/N-ethyl adjacent to an activating group) is 1. The van der Waals surface area contributed by atoms with Crippen LogP contribution in [0.25, 0.3) is 0 Å². The highest BCUT2D eigenvalue weighted by atomic mass is 16.8. The summed E-state index contributed by atoms with van der Waals surface area (Å²) in [5, 5.41) is 0. The van der Waals surface area contributed by atoms with Gasteiger partial charge in [0.25, 0.3) is 0 Å². The maximum Gasteiger partial charge on any atom is 0.788 e. The van der Waals surface area contributed by atoms with Crippen molar-refractivity contribution in [3.05, 3.63) is 23.8 Å². The molecule has 0 radical (unpaired) electrons. The first kappa shape index (κ1) is 16.2. The average Bonchev–Trinajstić information content (AvgIpc) is 2.84. The number of benzene rings is 1.